The first-order valence-electron chi connectivity index (χ1n) is 6.76. The van der Waals surface area contributed by atoms with Crippen molar-refractivity contribution in [1.82, 2.24) is 10.2 Å². The maximum Gasteiger partial charge on any atom is 0.134 e. The monoisotopic (exact) mass is 282 g/mol. The number of methoxy groups -OCH3 is 1. The van der Waals surface area contributed by atoms with Crippen molar-refractivity contribution in [1.29, 1.82) is 0 Å². The van der Waals surface area contributed by atoms with Crippen LogP contribution < -0.4 is 10.1 Å². The number of halogens is 2. The molecule has 0 amide bonds. The summed E-state index contributed by atoms with van der Waals surface area (Å²) in [6.45, 7) is 6.89. The molecule has 0 radical (unpaired) electrons. The average Bonchev–Trinajstić information content (AvgIpc) is 2.46. The summed E-state index contributed by atoms with van der Waals surface area (Å²) >= 11 is 0. The number of hydrogen-bond donors (Lipinski definition) is 1. The van der Waals surface area contributed by atoms with Crippen LogP contribution >= 0.6 is 0 Å². The second-order valence-electron chi connectivity index (χ2n) is 4.83. The van der Waals surface area contributed by atoms with Crippen molar-refractivity contribution < 1.29 is 13.5 Å². The zero-order valence-electron chi connectivity index (χ0n) is 11.7. The minimum atomic E-state index is -0.563. The molecular formula is C15H20F2N2O. The summed E-state index contributed by atoms with van der Waals surface area (Å²) in [7, 11) is 1.39. The highest BCUT2D eigenvalue weighted by Gasteiger charge is 2.27. The van der Waals surface area contributed by atoms with Gasteiger partial charge in [0, 0.05) is 49.9 Å². The van der Waals surface area contributed by atoms with E-state index in [1.54, 1.807) is 6.08 Å². The Balaban J connectivity index is 2.35. The third-order valence-electron chi connectivity index (χ3n) is 3.60. The lowest BCUT2D eigenvalue weighted by atomic mass is 9.99. The topological polar surface area (TPSA) is 24.5 Å². The van der Waals surface area contributed by atoms with Gasteiger partial charge in [-0.05, 0) is 6.42 Å². The van der Waals surface area contributed by atoms with Crippen molar-refractivity contribution in [2.24, 2.45) is 0 Å². The molecule has 1 aromatic carbocycles. The fourth-order valence-corrected chi connectivity index (χ4v) is 2.60. The fraction of sp³-hybridized carbons (Fsp3) is 0.467. The molecule has 110 valence electrons. The van der Waals surface area contributed by atoms with E-state index in [2.05, 4.69) is 16.8 Å². The summed E-state index contributed by atoms with van der Waals surface area (Å²) < 4.78 is 33.4. The van der Waals surface area contributed by atoms with Crippen LogP contribution in [0.25, 0.3) is 0 Å². The first kappa shape index (κ1) is 14.9. The van der Waals surface area contributed by atoms with Crippen LogP contribution in [0.3, 0.4) is 0 Å². The molecule has 0 aromatic heterocycles. The van der Waals surface area contributed by atoms with E-state index in [4.69, 9.17) is 4.74 Å². The Bertz CT molecular complexity index is 450. The Morgan fingerprint density at radius 1 is 1.35 bits per heavy atom. The number of rotatable bonds is 5. The van der Waals surface area contributed by atoms with Crippen LogP contribution in [0.5, 0.6) is 5.75 Å². The molecule has 0 unspecified atom stereocenters. The Morgan fingerprint density at radius 3 is 2.45 bits per heavy atom. The number of piperazine rings is 1. The molecule has 5 heteroatoms. The standard InChI is InChI=1S/C15H20F2N2O/c1-3-4-14(19-7-5-18-6-8-19)15-12(16)9-11(20-2)10-13(15)17/h3,9-10,14,18H,1,4-8H2,2H3/t14-/m0/s1. The molecule has 1 heterocycles. The summed E-state index contributed by atoms with van der Waals surface area (Å²) in [6, 6.07) is 2.15. The predicted molar refractivity (Wildman–Crippen MR) is 74.9 cm³/mol. The van der Waals surface area contributed by atoms with Gasteiger partial charge in [-0.1, -0.05) is 6.08 Å². The predicted octanol–water partition coefficient (Wildman–Crippen LogP) is 2.50. The number of nitrogens with zero attached hydrogens (tertiary/aromatic N) is 1. The normalized spacial score (nSPS) is 17.8. The van der Waals surface area contributed by atoms with E-state index < -0.39 is 11.6 Å². The van der Waals surface area contributed by atoms with Gasteiger partial charge in [0.2, 0.25) is 0 Å². The van der Waals surface area contributed by atoms with Crippen LogP contribution in [0.4, 0.5) is 8.78 Å². The minimum Gasteiger partial charge on any atom is -0.497 e. The van der Waals surface area contributed by atoms with Crippen molar-refractivity contribution in [2.45, 2.75) is 12.5 Å². The van der Waals surface area contributed by atoms with E-state index in [0.717, 1.165) is 26.2 Å². The van der Waals surface area contributed by atoms with Gasteiger partial charge in [0.05, 0.1) is 7.11 Å². The summed E-state index contributed by atoms with van der Waals surface area (Å²) in [5.41, 5.74) is 0.104. The van der Waals surface area contributed by atoms with Crippen molar-refractivity contribution in [3.05, 3.63) is 42.0 Å². The molecule has 0 aliphatic carbocycles. The Morgan fingerprint density at radius 2 is 1.95 bits per heavy atom. The molecule has 1 saturated heterocycles. The van der Waals surface area contributed by atoms with Crippen molar-refractivity contribution in [2.75, 3.05) is 33.3 Å². The molecule has 0 saturated carbocycles. The molecule has 2 rings (SSSR count). The van der Waals surface area contributed by atoms with Crippen LogP contribution in [0.1, 0.15) is 18.0 Å². The zero-order valence-corrected chi connectivity index (χ0v) is 11.7. The van der Waals surface area contributed by atoms with Gasteiger partial charge in [-0.15, -0.1) is 6.58 Å². The highest BCUT2D eigenvalue weighted by atomic mass is 19.1. The first-order chi connectivity index (χ1) is 9.67. The number of nitrogens with one attached hydrogen (secondary N) is 1. The SMILES string of the molecule is C=CC[C@@H](c1c(F)cc(OC)cc1F)N1CCNCC1. The molecule has 3 nitrogen and oxygen atoms in total. The van der Waals surface area contributed by atoms with E-state index in [9.17, 15) is 8.78 Å². The lowest BCUT2D eigenvalue weighted by Gasteiger charge is -2.35. The van der Waals surface area contributed by atoms with Gasteiger partial charge < -0.3 is 10.1 Å². The smallest absolute Gasteiger partial charge is 0.134 e. The van der Waals surface area contributed by atoms with Gasteiger partial charge in [0.15, 0.2) is 0 Å². The van der Waals surface area contributed by atoms with E-state index in [1.165, 1.54) is 19.2 Å². The van der Waals surface area contributed by atoms with Crippen LogP contribution in [-0.4, -0.2) is 38.2 Å². The van der Waals surface area contributed by atoms with Gasteiger partial charge in [-0.2, -0.15) is 0 Å². The highest BCUT2D eigenvalue weighted by molar-refractivity contribution is 5.33. The number of hydrogen-bond acceptors (Lipinski definition) is 3. The lowest BCUT2D eigenvalue weighted by molar-refractivity contribution is 0.167. The average molecular weight is 282 g/mol. The summed E-state index contributed by atoms with van der Waals surface area (Å²) in [5.74, 6) is -0.930. The molecule has 0 spiro atoms. The first-order valence-corrected chi connectivity index (χ1v) is 6.76. The van der Waals surface area contributed by atoms with Crippen LogP contribution in [-0.2, 0) is 0 Å². The maximum absolute atomic E-state index is 14.2. The molecule has 1 aliphatic heterocycles. The van der Waals surface area contributed by atoms with Gasteiger partial charge in [0.25, 0.3) is 0 Å². The van der Waals surface area contributed by atoms with Gasteiger partial charge in [-0.25, -0.2) is 8.78 Å². The quantitative estimate of drug-likeness (QED) is 0.840. The zero-order chi connectivity index (χ0) is 14.5. The molecule has 1 aliphatic rings. The summed E-state index contributed by atoms with van der Waals surface area (Å²) in [5, 5.41) is 3.24. The van der Waals surface area contributed by atoms with E-state index in [-0.39, 0.29) is 17.4 Å². The molecule has 1 fully saturated rings. The van der Waals surface area contributed by atoms with Crippen LogP contribution in [0.15, 0.2) is 24.8 Å². The number of ether oxygens (including phenoxy) is 1. The highest BCUT2D eigenvalue weighted by Crippen LogP contribution is 2.32. The van der Waals surface area contributed by atoms with Crippen molar-refractivity contribution in [3.63, 3.8) is 0 Å². The van der Waals surface area contributed by atoms with Crippen LogP contribution in [0, 0.1) is 11.6 Å². The van der Waals surface area contributed by atoms with Crippen LogP contribution in [0.2, 0.25) is 0 Å². The molecule has 0 bridgehead atoms. The molecule has 1 atom stereocenters. The lowest BCUT2D eigenvalue weighted by Crippen LogP contribution is -2.45. The third kappa shape index (κ3) is 3.16. The van der Waals surface area contributed by atoms with Gasteiger partial charge in [-0.3, -0.25) is 4.90 Å². The molecule has 1 aromatic rings. The molecule has 20 heavy (non-hydrogen) atoms. The van der Waals surface area contributed by atoms with E-state index in [0.29, 0.717) is 6.42 Å². The Kier molecular flexibility index (Phi) is 5.09. The summed E-state index contributed by atoms with van der Waals surface area (Å²) in [4.78, 5) is 2.09. The molecule has 1 N–H and O–H groups in total. The second-order valence-corrected chi connectivity index (χ2v) is 4.83. The van der Waals surface area contributed by atoms with Crippen molar-refractivity contribution >= 4 is 0 Å². The van der Waals surface area contributed by atoms with Crippen molar-refractivity contribution in [3.8, 4) is 5.75 Å². The number of benzene rings is 1. The fourth-order valence-electron chi connectivity index (χ4n) is 2.60. The Labute approximate surface area is 118 Å². The van der Waals surface area contributed by atoms with E-state index >= 15 is 0 Å². The summed E-state index contributed by atoms with van der Waals surface area (Å²) in [6.07, 6.45) is 2.22. The van der Waals surface area contributed by atoms with Gasteiger partial charge >= 0.3 is 0 Å². The third-order valence-corrected chi connectivity index (χ3v) is 3.60. The van der Waals surface area contributed by atoms with E-state index in [1.807, 2.05) is 0 Å². The largest absolute Gasteiger partial charge is 0.497 e. The Hall–Kier alpha value is -1.46. The second kappa shape index (κ2) is 6.81. The van der Waals surface area contributed by atoms with Gasteiger partial charge in [0.1, 0.15) is 17.4 Å². The maximum atomic E-state index is 14.2. The minimum absolute atomic E-state index is 0.104. The molecular weight excluding hydrogens is 262 g/mol.